The Bertz CT molecular complexity index is 279. The second-order valence-electron chi connectivity index (χ2n) is 7.40. The maximum absolute atomic E-state index is 10.6. The molecule has 0 bridgehead atoms. The van der Waals surface area contributed by atoms with Crippen LogP contribution >= 0.6 is 0 Å². The van der Waals surface area contributed by atoms with Crippen molar-refractivity contribution in [3.8, 4) is 0 Å². The van der Waals surface area contributed by atoms with E-state index in [9.17, 15) is 10.2 Å². The maximum atomic E-state index is 10.6. The first-order valence-electron chi connectivity index (χ1n) is 8.65. The van der Waals surface area contributed by atoms with E-state index in [4.69, 9.17) is 0 Å². The summed E-state index contributed by atoms with van der Waals surface area (Å²) in [5, 5.41) is 23.8. The van der Waals surface area contributed by atoms with E-state index in [0.717, 1.165) is 38.1 Å². The molecule has 0 aromatic carbocycles. The highest BCUT2D eigenvalue weighted by Crippen LogP contribution is 2.36. The lowest BCUT2D eigenvalue weighted by Gasteiger charge is -2.39. The summed E-state index contributed by atoms with van der Waals surface area (Å²) in [5.41, 5.74) is -0.424. The van der Waals surface area contributed by atoms with Gasteiger partial charge in [0.25, 0.3) is 0 Å². The second-order valence-corrected chi connectivity index (χ2v) is 7.40. The van der Waals surface area contributed by atoms with Crippen molar-refractivity contribution in [1.29, 1.82) is 0 Å². The van der Waals surface area contributed by atoms with Crippen LogP contribution in [0.3, 0.4) is 0 Å². The third kappa shape index (κ3) is 4.19. The Morgan fingerprint density at radius 3 is 2.20 bits per heavy atom. The van der Waals surface area contributed by atoms with E-state index in [1.807, 2.05) is 0 Å². The van der Waals surface area contributed by atoms with Crippen molar-refractivity contribution in [3.05, 3.63) is 0 Å². The lowest BCUT2D eigenvalue weighted by Crippen LogP contribution is -2.47. The van der Waals surface area contributed by atoms with E-state index < -0.39 is 5.60 Å². The molecule has 0 heterocycles. The highest BCUT2D eigenvalue weighted by Gasteiger charge is 2.35. The first-order chi connectivity index (χ1) is 9.61. The second kappa shape index (κ2) is 7.24. The molecular formula is C17H33NO2. The van der Waals surface area contributed by atoms with Crippen LogP contribution in [0.1, 0.15) is 71.1 Å². The first kappa shape index (κ1) is 16.3. The predicted molar refractivity (Wildman–Crippen MR) is 82.7 cm³/mol. The zero-order chi connectivity index (χ0) is 14.5. The summed E-state index contributed by atoms with van der Waals surface area (Å²) in [6.07, 6.45) is 11.5. The Morgan fingerprint density at radius 1 is 1.00 bits per heavy atom. The zero-order valence-electron chi connectivity index (χ0n) is 13.2. The van der Waals surface area contributed by atoms with Crippen LogP contribution in [0.5, 0.6) is 0 Å². The van der Waals surface area contributed by atoms with Crippen LogP contribution in [0, 0.1) is 11.3 Å². The van der Waals surface area contributed by atoms with Crippen LogP contribution in [0.4, 0.5) is 0 Å². The van der Waals surface area contributed by atoms with Crippen molar-refractivity contribution in [1.82, 2.24) is 5.32 Å². The fourth-order valence-electron chi connectivity index (χ4n) is 4.05. The van der Waals surface area contributed by atoms with Gasteiger partial charge < -0.3 is 15.5 Å². The smallest absolute Gasteiger partial charge is 0.0771 e. The molecular weight excluding hydrogens is 250 g/mol. The number of hydrogen-bond acceptors (Lipinski definition) is 3. The molecule has 20 heavy (non-hydrogen) atoms. The molecule has 118 valence electrons. The Morgan fingerprint density at radius 2 is 1.65 bits per heavy atom. The minimum Gasteiger partial charge on any atom is -0.396 e. The molecule has 2 fully saturated rings. The van der Waals surface area contributed by atoms with E-state index in [2.05, 4.69) is 12.2 Å². The van der Waals surface area contributed by atoms with E-state index >= 15 is 0 Å². The van der Waals surface area contributed by atoms with Gasteiger partial charge in [-0.2, -0.15) is 0 Å². The summed E-state index contributed by atoms with van der Waals surface area (Å²) >= 11 is 0. The number of aliphatic hydroxyl groups is 2. The molecule has 0 saturated heterocycles. The van der Waals surface area contributed by atoms with Gasteiger partial charge in [0, 0.05) is 25.1 Å². The van der Waals surface area contributed by atoms with Crippen LogP contribution < -0.4 is 5.32 Å². The standard InChI is InChI=1S/C17H33NO2/c1-2-15-6-10-17(20,11-7-15)13-18-12-16(14-19)8-4-3-5-9-16/h15,18-20H,2-14H2,1H3. The van der Waals surface area contributed by atoms with Crippen LogP contribution in [-0.4, -0.2) is 35.5 Å². The minimum absolute atomic E-state index is 0.0786. The van der Waals surface area contributed by atoms with Crippen molar-refractivity contribution in [2.45, 2.75) is 76.7 Å². The van der Waals surface area contributed by atoms with Gasteiger partial charge in [0.05, 0.1) is 5.60 Å². The Labute approximate surface area is 124 Å². The monoisotopic (exact) mass is 283 g/mol. The fraction of sp³-hybridized carbons (Fsp3) is 1.00. The molecule has 0 aromatic rings. The Hall–Kier alpha value is -0.120. The van der Waals surface area contributed by atoms with Gasteiger partial charge in [0.15, 0.2) is 0 Å². The number of hydrogen-bond donors (Lipinski definition) is 3. The Balaban J connectivity index is 1.74. The number of nitrogens with one attached hydrogen (secondary N) is 1. The summed E-state index contributed by atoms with van der Waals surface area (Å²) in [6, 6.07) is 0. The molecule has 2 rings (SSSR count). The van der Waals surface area contributed by atoms with Crippen LogP contribution in [0.15, 0.2) is 0 Å². The van der Waals surface area contributed by atoms with E-state index in [-0.39, 0.29) is 12.0 Å². The highest BCUT2D eigenvalue weighted by atomic mass is 16.3. The summed E-state index contributed by atoms with van der Waals surface area (Å²) in [6.45, 7) is 4.10. The van der Waals surface area contributed by atoms with Gasteiger partial charge in [0.2, 0.25) is 0 Å². The quantitative estimate of drug-likeness (QED) is 0.702. The molecule has 0 atom stereocenters. The van der Waals surface area contributed by atoms with Crippen molar-refractivity contribution < 1.29 is 10.2 Å². The molecule has 0 unspecified atom stereocenters. The summed E-state index contributed by atoms with van der Waals surface area (Å²) in [7, 11) is 0. The largest absolute Gasteiger partial charge is 0.396 e. The predicted octanol–water partition coefficient (Wildman–Crippen LogP) is 2.85. The summed E-state index contributed by atoms with van der Waals surface area (Å²) in [4.78, 5) is 0. The summed E-state index contributed by atoms with van der Waals surface area (Å²) in [5.74, 6) is 0.817. The van der Waals surface area contributed by atoms with Gasteiger partial charge in [-0.05, 0) is 44.4 Å². The van der Waals surface area contributed by atoms with Gasteiger partial charge in [-0.3, -0.25) is 0 Å². The molecule has 3 nitrogen and oxygen atoms in total. The van der Waals surface area contributed by atoms with Gasteiger partial charge in [-0.1, -0.05) is 32.6 Å². The molecule has 2 aliphatic carbocycles. The molecule has 0 amide bonds. The normalized spacial score (nSPS) is 34.0. The van der Waals surface area contributed by atoms with Crippen molar-refractivity contribution in [2.24, 2.45) is 11.3 Å². The lowest BCUT2D eigenvalue weighted by atomic mass is 9.74. The molecule has 3 N–H and O–H groups in total. The van der Waals surface area contributed by atoms with Crippen molar-refractivity contribution in [3.63, 3.8) is 0 Å². The minimum atomic E-state index is -0.503. The third-order valence-electron chi connectivity index (χ3n) is 5.82. The van der Waals surface area contributed by atoms with Crippen molar-refractivity contribution >= 4 is 0 Å². The average molecular weight is 283 g/mol. The van der Waals surface area contributed by atoms with Crippen LogP contribution in [0.2, 0.25) is 0 Å². The number of aliphatic hydroxyl groups excluding tert-OH is 1. The molecule has 2 saturated carbocycles. The first-order valence-corrected chi connectivity index (χ1v) is 8.65. The highest BCUT2D eigenvalue weighted by molar-refractivity contribution is 4.90. The number of rotatable bonds is 6. The van der Waals surface area contributed by atoms with Gasteiger partial charge in [-0.15, -0.1) is 0 Å². The SMILES string of the molecule is CCC1CCC(O)(CNCC2(CO)CCCCC2)CC1. The third-order valence-corrected chi connectivity index (χ3v) is 5.82. The van der Waals surface area contributed by atoms with Gasteiger partial charge >= 0.3 is 0 Å². The molecule has 0 radical (unpaired) electrons. The van der Waals surface area contributed by atoms with E-state index in [1.54, 1.807) is 0 Å². The molecule has 0 spiro atoms. The average Bonchev–Trinajstić information content (AvgIpc) is 2.49. The summed E-state index contributed by atoms with van der Waals surface area (Å²) < 4.78 is 0. The van der Waals surface area contributed by atoms with Crippen LogP contribution in [0.25, 0.3) is 0 Å². The maximum Gasteiger partial charge on any atom is 0.0771 e. The zero-order valence-corrected chi connectivity index (χ0v) is 13.2. The Kier molecular flexibility index (Phi) is 5.88. The van der Waals surface area contributed by atoms with Gasteiger partial charge in [-0.25, -0.2) is 0 Å². The molecule has 0 aliphatic heterocycles. The lowest BCUT2D eigenvalue weighted by molar-refractivity contribution is -0.0136. The molecule has 0 aromatic heterocycles. The van der Waals surface area contributed by atoms with Gasteiger partial charge in [0.1, 0.15) is 0 Å². The van der Waals surface area contributed by atoms with E-state index in [0.29, 0.717) is 6.54 Å². The van der Waals surface area contributed by atoms with E-state index in [1.165, 1.54) is 38.5 Å². The topological polar surface area (TPSA) is 52.5 Å². The molecule has 2 aliphatic rings. The molecule has 3 heteroatoms. The fourth-order valence-corrected chi connectivity index (χ4v) is 4.05. The van der Waals surface area contributed by atoms with Crippen LogP contribution in [-0.2, 0) is 0 Å². The van der Waals surface area contributed by atoms with Crippen molar-refractivity contribution in [2.75, 3.05) is 19.7 Å².